The number of benzene rings is 1. The van der Waals surface area contributed by atoms with Gasteiger partial charge in [0.15, 0.2) is 0 Å². The van der Waals surface area contributed by atoms with Gasteiger partial charge in [0, 0.05) is 20.9 Å². The molecule has 0 aliphatic heterocycles. The maximum absolute atomic E-state index is 13.1. The van der Waals surface area contributed by atoms with Crippen LogP contribution >= 0.6 is 16.7 Å². The summed E-state index contributed by atoms with van der Waals surface area (Å²) in [6.45, 7) is 8.35. The Bertz CT molecular complexity index is 609. The van der Waals surface area contributed by atoms with Crippen LogP contribution in [0.2, 0.25) is 0 Å². The Balaban J connectivity index is 3.18. The molecule has 1 rings (SSSR count). The molecule has 152 valence electrons. The number of esters is 1. The molecule has 0 radical (unpaired) electrons. The molecule has 1 aromatic rings. The summed E-state index contributed by atoms with van der Waals surface area (Å²) in [5.41, 5.74) is -1.12. The molecule has 8 heteroatoms. The third-order valence-electron chi connectivity index (χ3n) is 4.09. The maximum Gasteiger partial charge on any atom is 0.302 e. The van der Waals surface area contributed by atoms with Crippen LogP contribution in [0.15, 0.2) is 30.3 Å². The molecular formula is C19H31NO5P2. The van der Waals surface area contributed by atoms with E-state index in [2.05, 4.69) is 0 Å². The lowest BCUT2D eigenvalue weighted by Crippen LogP contribution is -2.55. The van der Waals surface area contributed by atoms with Crippen molar-refractivity contribution in [3.05, 3.63) is 35.9 Å². The highest BCUT2D eigenvalue weighted by Gasteiger charge is 2.42. The van der Waals surface area contributed by atoms with Gasteiger partial charge in [0.1, 0.15) is 18.3 Å². The van der Waals surface area contributed by atoms with Crippen LogP contribution < -0.4 is 0 Å². The summed E-state index contributed by atoms with van der Waals surface area (Å²) in [4.78, 5) is 24.2. The molecule has 1 aromatic carbocycles. The lowest BCUT2D eigenvalue weighted by Gasteiger charge is -2.41. The Hall–Kier alpha value is -1.06. The third kappa shape index (κ3) is 7.46. The molecule has 2 unspecified atom stereocenters. The SMILES string of the molecule is CPPN(C(=O)c1ccccc1)[C@@H](CC(C)C)[C@@H](O)[C@](C)(O)COC(C)=O. The average molecular weight is 415 g/mol. The van der Waals surface area contributed by atoms with Gasteiger partial charge in [-0.05, 0) is 38.1 Å². The Kier molecular flexibility index (Phi) is 9.83. The number of carbonyl (C=O) groups excluding carboxylic acids is 2. The lowest BCUT2D eigenvalue weighted by atomic mass is 9.88. The number of ether oxygens (including phenoxy) is 1. The summed E-state index contributed by atoms with van der Waals surface area (Å²) in [7, 11) is 0.687. The predicted molar refractivity (Wildman–Crippen MR) is 112 cm³/mol. The Morgan fingerprint density at radius 2 is 1.85 bits per heavy atom. The molecule has 0 heterocycles. The molecule has 0 fully saturated rings. The number of carbonyl (C=O) groups is 2. The van der Waals surface area contributed by atoms with Gasteiger partial charge >= 0.3 is 5.97 Å². The number of nitrogens with zero attached hydrogens (tertiary/aromatic N) is 1. The van der Waals surface area contributed by atoms with Gasteiger partial charge in [-0.1, -0.05) is 40.3 Å². The Labute approximate surface area is 165 Å². The molecule has 0 saturated carbocycles. The predicted octanol–water partition coefficient (Wildman–Crippen LogP) is 3.04. The Morgan fingerprint density at radius 3 is 2.33 bits per heavy atom. The molecule has 27 heavy (non-hydrogen) atoms. The van der Waals surface area contributed by atoms with Crippen LogP contribution in [-0.4, -0.2) is 57.8 Å². The van der Waals surface area contributed by atoms with E-state index in [0.29, 0.717) is 20.3 Å². The lowest BCUT2D eigenvalue weighted by molar-refractivity contribution is -0.159. The van der Waals surface area contributed by atoms with Gasteiger partial charge in [-0.2, -0.15) is 0 Å². The second-order valence-corrected chi connectivity index (χ2v) is 10.6. The zero-order chi connectivity index (χ0) is 20.6. The van der Waals surface area contributed by atoms with Crippen molar-refractivity contribution in [3.63, 3.8) is 0 Å². The minimum Gasteiger partial charge on any atom is -0.463 e. The highest BCUT2D eigenvalue weighted by molar-refractivity contribution is 8.10. The van der Waals surface area contributed by atoms with Gasteiger partial charge in [-0.25, -0.2) is 0 Å². The van der Waals surface area contributed by atoms with Gasteiger partial charge in [0.2, 0.25) is 0 Å². The first-order valence-electron chi connectivity index (χ1n) is 8.95. The van der Waals surface area contributed by atoms with Gasteiger partial charge in [0.25, 0.3) is 5.91 Å². The van der Waals surface area contributed by atoms with Crippen LogP contribution in [0, 0.1) is 5.92 Å². The molecule has 0 aliphatic carbocycles. The number of aliphatic hydroxyl groups is 2. The molecule has 0 aliphatic rings. The van der Waals surface area contributed by atoms with E-state index in [1.54, 1.807) is 28.9 Å². The minimum atomic E-state index is -1.66. The van der Waals surface area contributed by atoms with E-state index in [1.165, 1.54) is 13.8 Å². The zero-order valence-electron chi connectivity index (χ0n) is 16.6. The largest absolute Gasteiger partial charge is 0.463 e. The van der Waals surface area contributed by atoms with Crippen LogP contribution in [-0.2, 0) is 9.53 Å². The van der Waals surface area contributed by atoms with E-state index in [9.17, 15) is 19.8 Å². The van der Waals surface area contributed by atoms with Crippen molar-refractivity contribution in [2.75, 3.05) is 13.3 Å². The average Bonchev–Trinajstić information content (AvgIpc) is 2.62. The van der Waals surface area contributed by atoms with Crippen molar-refractivity contribution >= 4 is 28.6 Å². The van der Waals surface area contributed by atoms with Crippen molar-refractivity contribution in [2.24, 2.45) is 5.92 Å². The smallest absolute Gasteiger partial charge is 0.302 e. The van der Waals surface area contributed by atoms with Crippen LogP contribution in [0.4, 0.5) is 0 Å². The first-order chi connectivity index (χ1) is 12.6. The summed E-state index contributed by atoms with van der Waals surface area (Å²) in [6, 6.07) is 8.34. The number of amides is 1. The van der Waals surface area contributed by atoms with Crippen molar-refractivity contribution in [1.82, 2.24) is 4.67 Å². The topological polar surface area (TPSA) is 87.1 Å². The van der Waals surface area contributed by atoms with Gasteiger partial charge in [-0.3, -0.25) is 9.59 Å². The number of hydrogen-bond acceptors (Lipinski definition) is 5. The quantitative estimate of drug-likeness (QED) is 0.453. The maximum atomic E-state index is 13.1. The molecule has 0 spiro atoms. The fourth-order valence-electron chi connectivity index (χ4n) is 2.73. The first-order valence-corrected chi connectivity index (χ1v) is 12.4. The summed E-state index contributed by atoms with van der Waals surface area (Å²) in [5.74, 6) is -0.501. The number of rotatable bonds is 10. The summed E-state index contributed by atoms with van der Waals surface area (Å²) < 4.78 is 6.59. The van der Waals surface area contributed by atoms with E-state index in [0.717, 1.165) is 0 Å². The van der Waals surface area contributed by atoms with Gasteiger partial charge < -0.3 is 19.6 Å². The molecule has 5 atom stereocenters. The molecule has 6 nitrogen and oxygen atoms in total. The molecule has 2 N–H and O–H groups in total. The highest BCUT2D eigenvalue weighted by Crippen LogP contribution is 2.42. The zero-order valence-corrected chi connectivity index (χ0v) is 18.6. The van der Waals surface area contributed by atoms with Crippen LogP contribution in [0.25, 0.3) is 0 Å². The first kappa shape index (κ1) is 24.0. The van der Waals surface area contributed by atoms with Crippen molar-refractivity contribution in [1.29, 1.82) is 0 Å². The van der Waals surface area contributed by atoms with Crippen LogP contribution in [0.3, 0.4) is 0 Å². The summed E-state index contributed by atoms with van der Waals surface area (Å²) >= 11 is 0. The highest BCUT2D eigenvalue weighted by atomic mass is 32.0. The van der Waals surface area contributed by atoms with Crippen LogP contribution in [0.5, 0.6) is 0 Å². The standard InChI is InChI=1S/C19H31NO5P2/c1-13(2)11-16(17(22)19(4,24)12-25-14(3)21)20(27-26-5)18(23)15-9-7-6-8-10-15/h6-10,13,16-17,22,24,26-27H,11-12H2,1-5H3/t16-,17+,19+/m0/s1. The second-order valence-electron chi connectivity index (χ2n) is 7.18. The monoisotopic (exact) mass is 415 g/mol. The van der Waals surface area contributed by atoms with Crippen LogP contribution in [0.1, 0.15) is 44.5 Å². The molecule has 0 saturated heterocycles. The van der Waals surface area contributed by atoms with E-state index in [4.69, 9.17) is 4.74 Å². The third-order valence-corrected chi connectivity index (χ3v) is 6.48. The molecule has 0 bridgehead atoms. The van der Waals surface area contributed by atoms with E-state index in [1.807, 2.05) is 26.6 Å². The fourth-order valence-corrected chi connectivity index (χ4v) is 5.14. The summed E-state index contributed by atoms with van der Waals surface area (Å²) in [6.07, 6.45) is -0.733. The van der Waals surface area contributed by atoms with E-state index >= 15 is 0 Å². The second kappa shape index (κ2) is 11.1. The van der Waals surface area contributed by atoms with Crippen molar-refractivity contribution in [3.8, 4) is 0 Å². The Morgan fingerprint density at radius 1 is 1.26 bits per heavy atom. The van der Waals surface area contributed by atoms with Gasteiger partial charge in [0.05, 0.1) is 6.04 Å². The summed E-state index contributed by atoms with van der Waals surface area (Å²) in [5, 5.41) is 21.7. The molecular weight excluding hydrogens is 384 g/mol. The molecule has 0 aromatic heterocycles. The van der Waals surface area contributed by atoms with Gasteiger partial charge in [-0.15, -0.1) is 0 Å². The number of hydrogen-bond donors (Lipinski definition) is 2. The van der Waals surface area contributed by atoms with Crippen molar-refractivity contribution in [2.45, 2.75) is 51.9 Å². The van der Waals surface area contributed by atoms with E-state index in [-0.39, 0.29) is 26.9 Å². The number of aliphatic hydroxyl groups excluding tert-OH is 1. The van der Waals surface area contributed by atoms with Crippen molar-refractivity contribution < 1.29 is 24.5 Å². The van der Waals surface area contributed by atoms with E-state index < -0.39 is 23.7 Å². The minimum absolute atomic E-state index is 0.170. The normalized spacial score (nSPS) is 16.6. The fraction of sp³-hybridized carbons (Fsp3) is 0.579. The molecule has 1 amide bonds.